The number of rotatable bonds is 5. The van der Waals surface area contributed by atoms with Gasteiger partial charge < -0.3 is 4.90 Å². The van der Waals surface area contributed by atoms with Gasteiger partial charge in [0.15, 0.2) is 0 Å². The third-order valence-corrected chi connectivity index (χ3v) is 5.56. The molecule has 0 saturated carbocycles. The molecule has 3 rings (SSSR count). The van der Waals surface area contributed by atoms with E-state index in [-0.39, 0.29) is 29.8 Å². The normalized spacial score (nSPS) is 22.4. The molecule has 4 atom stereocenters. The molecule has 25 heavy (non-hydrogen) atoms. The van der Waals surface area contributed by atoms with Crippen molar-refractivity contribution in [1.82, 2.24) is 4.90 Å². The Morgan fingerprint density at radius 2 is 1.40 bits per heavy atom. The van der Waals surface area contributed by atoms with E-state index in [0.29, 0.717) is 0 Å². The quantitative estimate of drug-likeness (QED) is 0.657. The molecular formula is C23H27NO. The molecular weight excluding hydrogens is 306 g/mol. The number of carbonyl (C=O) groups is 1. The maximum absolute atomic E-state index is 13.4. The number of amides is 1. The molecule has 1 fully saturated rings. The van der Waals surface area contributed by atoms with Crippen molar-refractivity contribution in [2.75, 3.05) is 0 Å². The highest BCUT2D eigenvalue weighted by molar-refractivity contribution is 5.80. The fourth-order valence-corrected chi connectivity index (χ4v) is 3.79. The van der Waals surface area contributed by atoms with Crippen molar-refractivity contribution >= 4 is 5.91 Å². The van der Waals surface area contributed by atoms with Gasteiger partial charge in [0.05, 0.1) is 12.1 Å². The lowest BCUT2D eigenvalue weighted by Gasteiger charge is -2.34. The third-order valence-electron chi connectivity index (χ3n) is 5.56. The molecule has 0 unspecified atom stereocenters. The van der Waals surface area contributed by atoms with E-state index in [1.54, 1.807) is 0 Å². The summed E-state index contributed by atoms with van der Waals surface area (Å²) in [4.78, 5) is 15.5. The van der Waals surface area contributed by atoms with Crippen molar-refractivity contribution in [1.29, 1.82) is 0 Å². The Bertz CT molecular complexity index is 662. The zero-order chi connectivity index (χ0) is 17.8. The number of likely N-dealkylation sites (tertiary alicyclic amines) is 1. The van der Waals surface area contributed by atoms with Crippen molar-refractivity contribution in [3.05, 3.63) is 84.4 Å². The van der Waals surface area contributed by atoms with Gasteiger partial charge in [0, 0.05) is 5.92 Å². The van der Waals surface area contributed by atoms with Gasteiger partial charge in [-0.3, -0.25) is 4.79 Å². The van der Waals surface area contributed by atoms with Crippen molar-refractivity contribution in [3.8, 4) is 0 Å². The molecule has 0 radical (unpaired) electrons. The second kappa shape index (κ2) is 7.69. The SMILES string of the molecule is C=C[C@H](C)[C@H](C)C(=O)N1[C@@H](c2ccccc2)CC[C@@H]1c1ccccc1. The molecule has 1 aliphatic rings. The highest BCUT2D eigenvalue weighted by atomic mass is 16.2. The van der Waals surface area contributed by atoms with E-state index in [0.717, 1.165) is 12.8 Å². The van der Waals surface area contributed by atoms with Crippen molar-refractivity contribution < 1.29 is 4.79 Å². The zero-order valence-electron chi connectivity index (χ0n) is 15.1. The van der Waals surface area contributed by atoms with E-state index in [2.05, 4.69) is 66.9 Å². The molecule has 2 aromatic carbocycles. The Labute approximate surface area is 151 Å². The van der Waals surface area contributed by atoms with Gasteiger partial charge in [-0.15, -0.1) is 6.58 Å². The number of allylic oxidation sites excluding steroid dienone is 1. The Hall–Kier alpha value is -2.35. The average molecular weight is 333 g/mol. The van der Waals surface area contributed by atoms with Crippen molar-refractivity contribution in [3.63, 3.8) is 0 Å². The van der Waals surface area contributed by atoms with Crippen LogP contribution in [0.25, 0.3) is 0 Å². The Morgan fingerprint density at radius 3 is 1.80 bits per heavy atom. The molecule has 1 heterocycles. The molecule has 0 aromatic heterocycles. The van der Waals surface area contributed by atoms with Crippen LogP contribution in [0, 0.1) is 11.8 Å². The summed E-state index contributed by atoms with van der Waals surface area (Å²) in [7, 11) is 0. The summed E-state index contributed by atoms with van der Waals surface area (Å²) in [6.07, 6.45) is 3.89. The van der Waals surface area contributed by atoms with Crippen LogP contribution in [0.2, 0.25) is 0 Å². The maximum atomic E-state index is 13.4. The second-order valence-corrected chi connectivity index (χ2v) is 7.06. The second-order valence-electron chi connectivity index (χ2n) is 7.06. The predicted molar refractivity (Wildman–Crippen MR) is 103 cm³/mol. The van der Waals surface area contributed by atoms with Crippen molar-refractivity contribution in [2.45, 2.75) is 38.8 Å². The Kier molecular flexibility index (Phi) is 5.37. The first-order valence-corrected chi connectivity index (χ1v) is 9.18. The first-order valence-electron chi connectivity index (χ1n) is 9.18. The lowest BCUT2D eigenvalue weighted by molar-refractivity contribution is -0.139. The number of carbonyl (C=O) groups excluding carboxylic acids is 1. The molecule has 0 spiro atoms. The minimum absolute atomic E-state index is 0.0620. The smallest absolute Gasteiger partial charge is 0.227 e. The number of hydrogen-bond acceptors (Lipinski definition) is 1. The van der Waals surface area contributed by atoms with Crippen LogP contribution in [-0.2, 0) is 4.79 Å². The molecule has 130 valence electrons. The standard InChI is InChI=1S/C23H27NO/c1-4-17(2)18(3)23(25)24-21(19-11-7-5-8-12-19)15-16-22(24)20-13-9-6-10-14-20/h4-14,17-18,21-22H,1,15-16H2,2-3H3/t17-,18-,21+,22+/m0/s1. The molecule has 2 heteroatoms. The summed E-state index contributed by atoms with van der Waals surface area (Å²) in [5.74, 6) is 0.335. The van der Waals surface area contributed by atoms with E-state index in [9.17, 15) is 4.79 Å². The largest absolute Gasteiger partial charge is 0.328 e. The number of hydrogen-bond donors (Lipinski definition) is 0. The monoisotopic (exact) mass is 333 g/mol. The molecule has 1 saturated heterocycles. The first kappa shape index (κ1) is 17.5. The van der Waals surface area contributed by atoms with Gasteiger partial charge in [-0.05, 0) is 29.9 Å². The summed E-state index contributed by atoms with van der Waals surface area (Å²) >= 11 is 0. The van der Waals surface area contributed by atoms with Crippen LogP contribution in [0.3, 0.4) is 0 Å². The van der Waals surface area contributed by atoms with E-state index < -0.39 is 0 Å². The van der Waals surface area contributed by atoms with Crippen LogP contribution >= 0.6 is 0 Å². The Morgan fingerprint density at radius 1 is 0.960 bits per heavy atom. The van der Waals surface area contributed by atoms with Crippen LogP contribution in [0.5, 0.6) is 0 Å². The summed E-state index contributed by atoms with van der Waals surface area (Å²) in [5, 5.41) is 0. The van der Waals surface area contributed by atoms with Crippen LogP contribution < -0.4 is 0 Å². The van der Waals surface area contributed by atoms with Crippen LogP contribution in [0.1, 0.15) is 49.9 Å². The number of nitrogens with zero attached hydrogens (tertiary/aromatic N) is 1. The zero-order valence-corrected chi connectivity index (χ0v) is 15.1. The molecule has 1 aliphatic heterocycles. The summed E-state index contributed by atoms with van der Waals surface area (Å²) < 4.78 is 0. The lowest BCUT2D eigenvalue weighted by atomic mass is 9.93. The Balaban J connectivity index is 1.97. The van der Waals surface area contributed by atoms with Gasteiger partial charge in [-0.25, -0.2) is 0 Å². The van der Waals surface area contributed by atoms with Gasteiger partial charge in [-0.1, -0.05) is 80.6 Å². The molecule has 2 nitrogen and oxygen atoms in total. The number of benzene rings is 2. The van der Waals surface area contributed by atoms with Crippen LogP contribution in [0.4, 0.5) is 0 Å². The summed E-state index contributed by atoms with van der Waals surface area (Å²) in [5.41, 5.74) is 2.46. The highest BCUT2D eigenvalue weighted by Crippen LogP contribution is 2.45. The fraction of sp³-hybridized carbons (Fsp3) is 0.348. The van der Waals surface area contributed by atoms with Gasteiger partial charge in [0.2, 0.25) is 5.91 Å². The molecule has 0 aliphatic carbocycles. The van der Waals surface area contributed by atoms with E-state index in [1.165, 1.54) is 11.1 Å². The van der Waals surface area contributed by atoms with Crippen LogP contribution in [-0.4, -0.2) is 10.8 Å². The van der Waals surface area contributed by atoms with Gasteiger partial charge in [0.1, 0.15) is 0 Å². The van der Waals surface area contributed by atoms with E-state index in [1.807, 2.05) is 25.1 Å². The molecule has 2 aromatic rings. The predicted octanol–water partition coefficient (Wildman–Crippen LogP) is 5.55. The van der Waals surface area contributed by atoms with E-state index in [4.69, 9.17) is 0 Å². The minimum atomic E-state index is -0.0620. The van der Waals surface area contributed by atoms with Gasteiger partial charge >= 0.3 is 0 Å². The van der Waals surface area contributed by atoms with Crippen molar-refractivity contribution in [2.24, 2.45) is 11.8 Å². The topological polar surface area (TPSA) is 20.3 Å². The lowest BCUT2D eigenvalue weighted by Crippen LogP contribution is -2.38. The average Bonchev–Trinajstić information content (AvgIpc) is 3.12. The van der Waals surface area contributed by atoms with E-state index >= 15 is 0 Å². The molecule has 0 bridgehead atoms. The van der Waals surface area contributed by atoms with Gasteiger partial charge in [-0.2, -0.15) is 0 Å². The van der Waals surface area contributed by atoms with Gasteiger partial charge in [0.25, 0.3) is 0 Å². The summed E-state index contributed by atoms with van der Waals surface area (Å²) in [6, 6.07) is 21.2. The fourth-order valence-electron chi connectivity index (χ4n) is 3.79. The summed E-state index contributed by atoms with van der Waals surface area (Å²) in [6.45, 7) is 7.97. The molecule has 0 N–H and O–H groups in total. The highest BCUT2D eigenvalue weighted by Gasteiger charge is 2.40. The van der Waals surface area contributed by atoms with Crippen LogP contribution in [0.15, 0.2) is 73.3 Å². The third kappa shape index (κ3) is 3.53. The first-order chi connectivity index (χ1) is 12.1. The maximum Gasteiger partial charge on any atom is 0.227 e. The minimum Gasteiger partial charge on any atom is -0.328 e. The molecule has 1 amide bonds.